The Morgan fingerprint density at radius 1 is 0.625 bits per heavy atom. The molecular weight excluding hydrogens is 430 g/mol. The van der Waals surface area contributed by atoms with E-state index in [0.717, 1.165) is 12.8 Å². The molecule has 0 amide bonds. The normalized spacial score (nSPS) is 13.0. The molecule has 0 aromatic heterocycles. The minimum Gasteiger partial charge on any atom is -0.390 e. The van der Waals surface area contributed by atoms with E-state index < -0.39 is 11.4 Å². The monoisotopic (exact) mass is 482 g/mol. The van der Waals surface area contributed by atoms with E-state index in [0.29, 0.717) is 19.6 Å². The first-order valence-electron chi connectivity index (χ1n) is 13.1. The first kappa shape index (κ1) is 31.9. The minimum absolute atomic E-state index is 0.00106. The quantitative estimate of drug-likeness (QED) is 0.0684. The van der Waals surface area contributed by atoms with Crippen LogP contribution in [0.2, 0.25) is 0 Å². The Bertz CT molecular complexity index is 408. The topological polar surface area (TPSA) is 96.2 Å². The van der Waals surface area contributed by atoms with Gasteiger partial charge in [-0.3, -0.25) is 8.74 Å². The number of hydrogen-bond acceptors (Lipinski definition) is 5. The molecule has 0 fully saturated rings. The highest BCUT2D eigenvalue weighted by Gasteiger charge is 2.28. The van der Waals surface area contributed by atoms with Gasteiger partial charge in [0.25, 0.3) is 0 Å². The van der Waals surface area contributed by atoms with Crippen LogP contribution in [0.3, 0.4) is 0 Å². The maximum absolute atomic E-state index is 10.6. The van der Waals surface area contributed by atoms with Gasteiger partial charge in [0.15, 0.2) is 0 Å². The molecule has 1 unspecified atom stereocenters. The number of aliphatic hydroxyl groups excluding tert-OH is 2. The maximum atomic E-state index is 10.6. The third-order valence-corrected chi connectivity index (χ3v) is 6.44. The molecule has 0 aliphatic heterocycles. The summed E-state index contributed by atoms with van der Waals surface area (Å²) in [6.07, 6.45) is 21.1. The van der Waals surface area contributed by atoms with Crippen molar-refractivity contribution >= 4 is 11.4 Å². The van der Waals surface area contributed by atoms with Gasteiger partial charge in [0.2, 0.25) is 0 Å². The van der Waals surface area contributed by atoms with Gasteiger partial charge < -0.3 is 10.2 Å². The number of unbranched alkanes of at least 4 members (excludes halogenated alkanes) is 15. The van der Waals surface area contributed by atoms with Gasteiger partial charge in [0.1, 0.15) is 26.2 Å². The molecule has 7 nitrogen and oxygen atoms in total. The summed E-state index contributed by atoms with van der Waals surface area (Å²) in [7, 11) is 0. The van der Waals surface area contributed by atoms with Crippen molar-refractivity contribution in [2.24, 2.45) is 0 Å². The predicted molar refractivity (Wildman–Crippen MR) is 131 cm³/mol. The van der Waals surface area contributed by atoms with Crippen LogP contribution in [0.5, 0.6) is 0 Å². The summed E-state index contributed by atoms with van der Waals surface area (Å²) in [5.41, 5.74) is 0. The summed E-state index contributed by atoms with van der Waals surface area (Å²) < 4.78 is 24.0. The molecule has 194 valence electrons. The van der Waals surface area contributed by atoms with E-state index in [4.69, 9.17) is 9.39 Å². The van der Waals surface area contributed by atoms with Crippen LogP contribution in [0.4, 0.5) is 0 Å². The smallest absolute Gasteiger partial charge is 0.301 e. The SMILES string of the molecule is CCCCCCCCCCCCCCCCCC[N+](CCO)(CCO)OCCOS(=O)O. The lowest BCUT2D eigenvalue weighted by Gasteiger charge is -2.34. The van der Waals surface area contributed by atoms with Crippen molar-refractivity contribution < 1.29 is 32.6 Å². The van der Waals surface area contributed by atoms with E-state index in [2.05, 4.69) is 11.1 Å². The van der Waals surface area contributed by atoms with Gasteiger partial charge in [-0.05, 0) is 12.8 Å². The summed E-state index contributed by atoms with van der Waals surface area (Å²) in [6, 6.07) is 0. The van der Waals surface area contributed by atoms with Crippen molar-refractivity contribution in [1.82, 2.24) is 0 Å². The summed E-state index contributed by atoms with van der Waals surface area (Å²) in [4.78, 5) is 5.83. The molecule has 0 saturated carbocycles. The zero-order valence-corrected chi connectivity index (χ0v) is 21.5. The van der Waals surface area contributed by atoms with Crippen LogP contribution in [-0.2, 0) is 20.4 Å². The molecule has 0 saturated heterocycles. The highest BCUT2D eigenvalue weighted by molar-refractivity contribution is 7.74. The highest BCUT2D eigenvalue weighted by Crippen LogP contribution is 2.15. The van der Waals surface area contributed by atoms with Crippen LogP contribution in [0, 0.1) is 0 Å². The lowest BCUT2D eigenvalue weighted by Crippen LogP contribution is -2.52. The largest absolute Gasteiger partial charge is 0.390 e. The average Bonchev–Trinajstić information content (AvgIpc) is 2.77. The van der Waals surface area contributed by atoms with Crippen molar-refractivity contribution in [3.63, 3.8) is 0 Å². The first-order valence-corrected chi connectivity index (χ1v) is 14.1. The Balaban J connectivity index is 3.72. The number of aliphatic hydroxyl groups is 2. The molecule has 0 aromatic rings. The van der Waals surface area contributed by atoms with Crippen molar-refractivity contribution in [3.8, 4) is 0 Å². The standard InChI is InChI=1S/C24H51NO6S/c1-2-3-4-5-6-7-8-9-10-11-12-13-14-15-16-17-18-25(19-21-26,20-22-27)30-23-24-31-32(28)29/h26-27H,2-24H2,1H3/p+1. The molecule has 0 heterocycles. The molecule has 32 heavy (non-hydrogen) atoms. The van der Waals surface area contributed by atoms with Gasteiger partial charge in [-0.1, -0.05) is 96.8 Å². The van der Waals surface area contributed by atoms with Gasteiger partial charge in [0.05, 0.1) is 19.8 Å². The van der Waals surface area contributed by atoms with Gasteiger partial charge in [0, 0.05) is 0 Å². The third-order valence-electron chi connectivity index (χ3n) is 6.07. The van der Waals surface area contributed by atoms with Crippen LogP contribution in [0.25, 0.3) is 0 Å². The van der Waals surface area contributed by atoms with Crippen molar-refractivity contribution in [1.29, 1.82) is 0 Å². The zero-order valence-electron chi connectivity index (χ0n) is 20.7. The Kier molecular flexibility index (Phi) is 24.0. The van der Waals surface area contributed by atoms with Crippen LogP contribution < -0.4 is 0 Å². The zero-order chi connectivity index (χ0) is 23.8. The Morgan fingerprint density at radius 3 is 1.41 bits per heavy atom. The van der Waals surface area contributed by atoms with Crippen LogP contribution in [-0.4, -0.2) is 69.7 Å². The van der Waals surface area contributed by atoms with E-state index in [1.54, 1.807) is 0 Å². The van der Waals surface area contributed by atoms with Crippen molar-refractivity contribution in [2.75, 3.05) is 46.1 Å². The number of hydrogen-bond donors (Lipinski definition) is 3. The fourth-order valence-corrected chi connectivity index (χ4v) is 4.39. The van der Waals surface area contributed by atoms with Crippen molar-refractivity contribution in [2.45, 2.75) is 110 Å². The molecule has 0 radical (unpaired) electrons. The van der Waals surface area contributed by atoms with E-state index in [1.165, 1.54) is 89.9 Å². The number of rotatable bonds is 26. The predicted octanol–water partition coefficient (Wildman–Crippen LogP) is 5.13. The maximum Gasteiger partial charge on any atom is 0.301 e. The Morgan fingerprint density at radius 2 is 1.03 bits per heavy atom. The lowest BCUT2D eigenvalue weighted by molar-refractivity contribution is -1.11. The molecule has 1 atom stereocenters. The van der Waals surface area contributed by atoms with Gasteiger partial charge >= 0.3 is 11.4 Å². The molecular formula is C24H52NO6S+. The molecule has 0 spiro atoms. The average molecular weight is 483 g/mol. The van der Waals surface area contributed by atoms with E-state index >= 15 is 0 Å². The van der Waals surface area contributed by atoms with E-state index in [1.807, 2.05) is 0 Å². The lowest BCUT2D eigenvalue weighted by atomic mass is 10.0. The molecule has 0 aliphatic carbocycles. The molecule has 0 rings (SSSR count). The molecule has 3 N–H and O–H groups in total. The number of nitrogens with zero attached hydrogens (tertiary/aromatic N) is 1. The summed E-state index contributed by atoms with van der Waals surface area (Å²) in [5, 5.41) is 18.8. The van der Waals surface area contributed by atoms with Gasteiger partial charge in [-0.15, -0.1) is 0 Å². The second-order valence-electron chi connectivity index (χ2n) is 8.85. The second kappa shape index (κ2) is 24.0. The third kappa shape index (κ3) is 20.5. The molecule has 0 aromatic carbocycles. The Hall–Kier alpha value is -0.0900. The van der Waals surface area contributed by atoms with Crippen LogP contribution in [0.15, 0.2) is 0 Å². The van der Waals surface area contributed by atoms with Gasteiger partial charge in [-0.2, -0.15) is 8.86 Å². The summed E-state index contributed by atoms with van der Waals surface area (Å²) in [5.74, 6) is 0. The van der Waals surface area contributed by atoms with Gasteiger partial charge in [-0.25, -0.2) is 4.84 Å². The minimum atomic E-state index is -2.30. The van der Waals surface area contributed by atoms with E-state index in [9.17, 15) is 14.4 Å². The fourth-order valence-electron chi connectivity index (χ4n) is 4.18. The molecule has 0 aliphatic rings. The molecule has 8 heteroatoms. The number of hydroxylamine groups is 3. The highest BCUT2D eigenvalue weighted by atomic mass is 32.2. The van der Waals surface area contributed by atoms with Crippen molar-refractivity contribution in [3.05, 3.63) is 0 Å². The van der Waals surface area contributed by atoms with Crippen LogP contribution >= 0.6 is 0 Å². The molecule has 0 bridgehead atoms. The second-order valence-corrected chi connectivity index (χ2v) is 9.52. The summed E-state index contributed by atoms with van der Waals surface area (Å²) >= 11 is -2.30. The first-order chi connectivity index (χ1) is 15.6. The summed E-state index contributed by atoms with van der Waals surface area (Å²) in [6.45, 7) is 3.83. The van der Waals surface area contributed by atoms with E-state index in [-0.39, 0.29) is 31.1 Å². The fraction of sp³-hybridized carbons (Fsp3) is 1.00. The Labute approximate surface area is 199 Å². The number of quaternary nitrogens is 1. The van der Waals surface area contributed by atoms with Crippen LogP contribution in [0.1, 0.15) is 110 Å².